The van der Waals surface area contributed by atoms with Gasteiger partial charge in [-0.25, -0.2) is 4.98 Å². The lowest BCUT2D eigenvalue weighted by atomic mass is 10.2. The Balaban J connectivity index is 1.58. The maximum atomic E-state index is 5.41. The summed E-state index contributed by atoms with van der Waals surface area (Å²) in [5.41, 5.74) is 3.80. The van der Waals surface area contributed by atoms with Crippen LogP contribution in [0.4, 0.5) is 23.1 Å². The van der Waals surface area contributed by atoms with E-state index in [9.17, 15) is 0 Å². The van der Waals surface area contributed by atoms with Gasteiger partial charge in [-0.05, 0) is 37.6 Å². The fourth-order valence-electron chi connectivity index (χ4n) is 2.72. The van der Waals surface area contributed by atoms with Crippen LogP contribution >= 0.6 is 0 Å². The Morgan fingerprint density at radius 2 is 1.81 bits per heavy atom. The number of anilines is 4. The summed E-state index contributed by atoms with van der Waals surface area (Å²) < 4.78 is 16.0. The molecule has 2 aromatic carbocycles. The van der Waals surface area contributed by atoms with Gasteiger partial charge in [-0.1, -0.05) is 6.07 Å². The van der Waals surface area contributed by atoms with Crippen LogP contribution in [-0.4, -0.2) is 23.9 Å². The highest BCUT2D eigenvalue weighted by atomic mass is 16.7. The van der Waals surface area contributed by atoms with E-state index in [0.717, 1.165) is 39.8 Å². The molecule has 0 amide bonds. The van der Waals surface area contributed by atoms with Gasteiger partial charge in [-0.2, -0.15) is 4.98 Å². The Hall–Kier alpha value is -3.48. The first-order valence-corrected chi connectivity index (χ1v) is 8.54. The summed E-state index contributed by atoms with van der Waals surface area (Å²) in [7, 11) is 1.65. The summed E-state index contributed by atoms with van der Waals surface area (Å²) in [5.74, 6) is 3.44. The van der Waals surface area contributed by atoms with Crippen LogP contribution in [0.3, 0.4) is 0 Å². The van der Waals surface area contributed by atoms with Crippen LogP contribution in [0.15, 0.2) is 42.6 Å². The third kappa shape index (κ3) is 3.57. The predicted molar refractivity (Wildman–Crippen MR) is 104 cm³/mol. The Bertz CT molecular complexity index is 991. The molecule has 0 atom stereocenters. The molecule has 138 valence electrons. The van der Waals surface area contributed by atoms with Gasteiger partial charge >= 0.3 is 0 Å². The quantitative estimate of drug-likeness (QED) is 0.698. The van der Waals surface area contributed by atoms with E-state index in [2.05, 4.69) is 20.6 Å². The number of ether oxygens (including phenoxy) is 3. The molecule has 0 aliphatic carbocycles. The monoisotopic (exact) mass is 364 g/mol. The maximum absolute atomic E-state index is 5.41. The minimum Gasteiger partial charge on any atom is -0.497 e. The SMILES string of the molecule is COc1ccc(C)c(Nc2nc(Nc3ccc4c(c3)OCO4)ncc2C)c1. The first-order chi connectivity index (χ1) is 13.1. The number of rotatable bonds is 5. The van der Waals surface area contributed by atoms with Gasteiger partial charge in [0.2, 0.25) is 12.7 Å². The number of nitrogens with zero attached hydrogens (tertiary/aromatic N) is 2. The van der Waals surface area contributed by atoms with Gasteiger partial charge in [-0.15, -0.1) is 0 Å². The van der Waals surface area contributed by atoms with Crippen molar-refractivity contribution < 1.29 is 14.2 Å². The second-order valence-corrected chi connectivity index (χ2v) is 6.22. The molecule has 3 aromatic rings. The molecule has 0 spiro atoms. The van der Waals surface area contributed by atoms with Crippen molar-refractivity contribution in [1.29, 1.82) is 0 Å². The minimum atomic E-state index is 0.244. The van der Waals surface area contributed by atoms with E-state index in [0.29, 0.717) is 11.7 Å². The normalized spacial score (nSPS) is 12.0. The Morgan fingerprint density at radius 3 is 2.67 bits per heavy atom. The fraction of sp³-hybridized carbons (Fsp3) is 0.200. The second kappa shape index (κ2) is 7.03. The number of methoxy groups -OCH3 is 1. The topological polar surface area (TPSA) is 77.5 Å². The lowest BCUT2D eigenvalue weighted by Gasteiger charge is -2.14. The van der Waals surface area contributed by atoms with Gasteiger partial charge in [-0.3, -0.25) is 0 Å². The average molecular weight is 364 g/mol. The Kier molecular flexibility index (Phi) is 4.42. The van der Waals surface area contributed by atoms with E-state index in [4.69, 9.17) is 14.2 Å². The highest BCUT2D eigenvalue weighted by Gasteiger charge is 2.14. The lowest BCUT2D eigenvalue weighted by molar-refractivity contribution is 0.174. The standard InChI is InChI=1S/C20H20N4O3/c1-12-4-6-15(25-3)9-16(12)23-19-13(2)10-21-20(24-19)22-14-5-7-17-18(8-14)27-11-26-17/h4-10H,11H2,1-3H3,(H2,21,22,23,24). The molecule has 7 nitrogen and oxygen atoms in total. The molecule has 0 bridgehead atoms. The molecular weight excluding hydrogens is 344 g/mol. The summed E-state index contributed by atoms with van der Waals surface area (Å²) in [6.07, 6.45) is 1.78. The molecule has 0 radical (unpaired) electrons. The van der Waals surface area contributed by atoms with E-state index in [1.807, 2.05) is 50.2 Å². The van der Waals surface area contributed by atoms with Crippen LogP contribution in [0, 0.1) is 13.8 Å². The smallest absolute Gasteiger partial charge is 0.231 e. The molecule has 1 aliphatic rings. The zero-order chi connectivity index (χ0) is 18.8. The number of benzene rings is 2. The van der Waals surface area contributed by atoms with E-state index < -0.39 is 0 Å². The predicted octanol–water partition coefficient (Wildman–Crippen LogP) is 4.32. The number of aromatic nitrogens is 2. The van der Waals surface area contributed by atoms with Crippen LogP contribution in [0.25, 0.3) is 0 Å². The van der Waals surface area contributed by atoms with Crippen LogP contribution in [-0.2, 0) is 0 Å². The summed E-state index contributed by atoms with van der Waals surface area (Å²) >= 11 is 0. The Morgan fingerprint density at radius 1 is 0.963 bits per heavy atom. The largest absolute Gasteiger partial charge is 0.497 e. The zero-order valence-corrected chi connectivity index (χ0v) is 15.4. The third-order valence-corrected chi connectivity index (χ3v) is 4.30. The van der Waals surface area contributed by atoms with Gasteiger partial charge in [0.15, 0.2) is 11.5 Å². The zero-order valence-electron chi connectivity index (χ0n) is 15.4. The van der Waals surface area contributed by atoms with E-state index in [1.165, 1.54) is 0 Å². The number of hydrogen-bond acceptors (Lipinski definition) is 7. The molecule has 27 heavy (non-hydrogen) atoms. The molecule has 2 heterocycles. The molecule has 7 heteroatoms. The summed E-state index contributed by atoms with van der Waals surface area (Å²) in [6, 6.07) is 11.5. The number of nitrogens with one attached hydrogen (secondary N) is 2. The van der Waals surface area contributed by atoms with Crippen molar-refractivity contribution in [3.05, 3.63) is 53.7 Å². The van der Waals surface area contributed by atoms with Crippen molar-refractivity contribution in [2.75, 3.05) is 24.5 Å². The second-order valence-electron chi connectivity index (χ2n) is 6.22. The van der Waals surface area contributed by atoms with Crippen LogP contribution in [0.5, 0.6) is 17.2 Å². The summed E-state index contributed by atoms with van der Waals surface area (Å²) in [6.45, 7) is 4.24. The van der Waals surface area contributed by atoms with Crippen LogP contribution in [0.1, 0.15) is 11.1 Å². The van der Waals surface area contributed by atoms with Crippen molar-refractivity contribution >= 4 is 23.1 Å². The number of aryl methyl sites for hydroxylation is 2. The van der Waals surface area contributed by atoms with Gasteiger partial charge < -0.3 is 24.8 Å². The van der Waals surface area contributed by atoms with Gasteiger partial charge in [0.05, 0.1) is 7.11 Å². The van der Waals surface area contributed by atoms with Gasteiger partial charge in [0.25, 0.3) is 0 Å². The fourth-order valence-corrected chi connectivity index (χ4v) is 2.72. The lowest BCUT2D eigenvalue weighted by Crippen LogP contribution is -2.03. The van der Waals surface area contributed by atoms with Crippen LogP contribution in [0.2, 0.25) is 0 Å². The van der Waals surface area contributed by atoms with Crippen molar-refractivity contribution in [1.82, 2.24) is 9.97 Å². The first kappa shape index (κ1) is 17.0. The van der Waals surface area contributed by atoms with Crippen molar-refractivity contribution in [3.8, 4) is 17.2 Å². The maximum Gasteiger partial charge on any atom is 0.231 e. The van der Waals surface area contributed by atoms with E-state index >= 15 is 0 Å². The highest BCUT2D eigenvalue weighted by molar-refractivity contribution is 5.66. The van der Waals surface area contributed by atoms with Crippen molar-refractivity contribution in [3.63, 3.8) is 0 Å². The molecular formula is C20H20N4O3. The van der Waals surface area contributed by atoms with E-state index in [1.54, 1.807) is 13.3 Å². The molecule has 0 unspecified atom stereocenters. The Labute approximate surface area is 157 Å². The molecule has 1 aliphatic heterocycles. The molecule has 1 aromatic heterocycles. The van der Waals surface area contributed by atoms with Crippen molar-refractivity contribution in [2.24, 2.45) is 0 Å². The first-order valence-electron chi connectivity index (χ1n) is 8.54. The van der Waals surface area contributed by atoms with E-state index in [-0.39, 0.29) is 6.79 Å². The molecule has 2 N–H and O–H groups in total. The molecule has 0 saturated heterocycles. The van der Waals surface area contributed by atoms with Crippen molar-refractivity contribution in [2.45, 2.75) is 13.8 Å². The summed E-state index contributed by atoms with van der Waals surface area (Å²) in [4.78, 5) is 8.97. The highest BCUT2D eigenvalue weighted by Crippen LogP contribution is 2.35. The average Bonchev–Trinajstić information content (AvgIpc) is 3.14. The third-order valence-electron chi connectivity index (χ3n) is 4.30. The molecule has 4 rings (SSSR count). The minimum absolute atomic E-state index is 0.244. The van der Waals surface area contributed by atoms with Gasteiger partial charge in [0.1, 0.15) is 11.6 Å². The van der Waals surface area contributed by atoms with Crippen LogP contribution < -0.4 is 24.8 Å². The number of hydrogen-bond donors (Lipinski definition) is 2. The summed E-state index contributed by atoms with van der Waals surface area (Å²) in [5, 5.41) is 6.57. The molecule has 0 saturated carbocycles. The van der Waals surface area contributed by atoms with Gasteiger partial charge in [0, 0.05) is 35.3 Å². The number of fused-ring (bicyclic) bond motifs is 1. The molecule has 0 fully saturated rings.